The van der Waals surface area contributed by atoms with Crippen molar-refractivity contribution >= 4 is 29.9 Å². The third-order valence-electron chi connectivity index (χ3n) is 5.82. The lowest BCUT2D eigenvalue weighted by molar-refractivity contribution is 0.197. The number of para-hydroxylation sites is 1. The molecule has 0 unspecified atom stereocenters. The fourth-order valence-corrected chi connectivity index (χ4v) is 3.90. The summed E-state index contributed by atoms with van der Waals surface area (Å²) < 4.78 is 6.11. The lowest BCUT2D eigenvalue weighted by Crippen LogP contribution is -2.48. The number of aliphatic imine (C=N–C) groups is 1. The van der Waals surface area contributed by atoms with Gasteiger partial charge in [0, 0.05) is 44.3 Å². The summed E-state index contributed by atoms with van der Waals surface area (Å²) in [4.78, 5) is 7.07. The molecular weight excluding hydrogens is 487 g/mol. The van der Waals surface area contributed by atoms with Crippen molar-refractivity contribution in [3.63, 3.8) is 0 Å². The maximum Gasteiger partial charge on any atom is 0.191 e. The molecule has 1 saturated carbocycles. The van der Waals surface area contributed by atoms with Gasteiger partial charge in [-0.05, 0) is 50.8 Å². The molecule has 0 aromatic heterocycles. The van der Waals surface area contributed by atoms with Crippen LogP contribution in [-0.2, 0) is 6.54 Å². The number of piperidine rings is 1. The molecule has 0 bridgehead atoms. The first kappa shape index (κ1) is 22.9. The summed E-state index contributed by atoms with van der Waals surface area (Å²) in [5, 5.41) is 7.06. The number of nitrogens with zero attached hydrogens (tertiary/aromatic N) is 2. The normalized spacial score (nSPS) is 17.9. The lowest BCUT2D eigenvalue weighted by atomic mass is 10.1. The first-order valence-electron chi connectivity index (χ1n) is 10.7. The van der Waals surface area contributed by atoms with Gasteiger partial charge >= 0.3 is 0 Å². The van der Waals surface area contributed by atoms with Gasteiger partial charge in [0.05, 0.1) is 0 Å². The molecule has 2 N–H and O–H groups in total. The topological polar surface area (TPSA) is 48.9 Å². The highest BCUT2D eigenvalue weighted by Gasteiger charge is 2.31. The molecular formula is C24H33IN4O. The van der Waals surface area contributed by atoms with Crippen molar-refractivity contribution in [1.29, 1.82) is 0 Å². The molecule has 0 spiro atoms. The maximum absolute atomic E-state index is 6.11. The Morgan fingerprint density at radius 2 is 1.73 bits per heavy atom. The molecule has 162 valence electrons. The van der Waals surface area contributed by atoms with Crippen LogP contribution >= 0.6 is 24.0 Å². The fourth-order valence-electron chi connectivity index (χ4n) is 3.90. The molecule has 1 aliphatic carbocycles. The SMILES string of the molecule is CN=C(NCc1ccccc1Oc1ccc(C)cc1)NC1CCN(C2CC2)CC1.I. The number of guanidine groups is 1. The van der Waals surface area contributed by atoms with E-state index < -0.39 is 0 Å². The van der Waals surface area contributed by atoms with Gasteiger partial charge in [-0.3, -0.25) is 4.99 Å². The van der Waals surface area contributed by atoms with Gasteiger partial charge in [0.2, 0.25) is 0 Å². The molecule has 6 heteroatoms. The minimum absolute atomic E-state index is 0. The second-order valence-electron chi connectivity index (χ2n) is 8.13. The Balaban J connectivity index is 0.00000256. The summed E-state index contributed by atoms with van der Waals surface area (Å²) in [7, 11) is 1.84. The average Bonchev–Trinajstić information content (AvgIpc) is 3.59. The number of halogens is 1. The van der Waals surface area contributed by atoms with E-state index in [1.54, 1.807) is 0 Å². The van der Waals surface area contributed by atoms with Crippen LogP contribution in [0.25, 0.3) is 0 Å². The molecule has 2 aliphatic rings. The average molecular weight is 520 g/mol. The number of benzene rings is 2. The van der Waals surface area contributed by atoms with Gasteiger partial charge < -0.3 is 20.3 Å². The van der Waals surface area contributed by atoms with Gasteiger partial charge in [-0.1, -0.05) is 35.9 Å². The highest BCUT2D eigenvalue weighted by atomic mass is 127. The molecule has 5 nitrogen and oxygen atoms in total. The third-order valence-corrected chi connectivity index (χ3v) is 5.82. The molecule has 1 saturated heterocycles. The fraction of sp³-hybridized carbons (Fsp3) is 0.458. The van der Waals surface area contributed by atoms with Crippen LogP contribution in [-0.4, -0.2) is 43.1 Å². The van der Waals surface area contributed by atoms with E-state index >= 15 is 0 Å². The lowest BCUT2D eigenvalue weighted by Gasteiger charge is -2.33. The Bertz CT molecular complexity index is 827. The predicted molar refractivity (Wildman–Crippen MR) is 134 cm³/mol. The second-order valence-corrected chi connectivity index (χ2v) is 8.13. The standard InChI is InChI=1S/C24H32N4O.HI/c1-18-7-11-22(12-8-18)29-23-6-4-3-5-19(23)17-26-24(25-2)27-20-13-15-28(16-14-20)21-9-10-21;/h3-8,11-12,20-21H,9-10,13-17H2,1-2H3,(H2,25,26,27);1H. The van der Waals surface area contributed by atoms with Crippen LogP contribution in [0.15, 0.2) is 53.5 Å². The smallest absolute Gasteiger partial charge is 0.191 e. The second kappa shape index (κ2) is 11.0. The van der Waals surface area contributed by atoms with Gasteiger partial charge in [0.25, 0.3) is 0 Å². The zero-order valence-electron chi connectivity index (χ0n) is 17.9. The van der Waals surface area contributed by atoms with E-state index in [4.69, 9.17) is 4.74 Å². The summed E-state index contributed by atoms with van der Waals surface area (Å²) in [5.74, 6) is 2.59. The van der Waals surface area contributed by atoms with E-state index in [9.17, 15) is 0 Å². The van der Waals surface area contributed by atoms with E-state index in [1.165, 1.54) is 44.3 Å². The molecule has 0 amide bonds. The Labute approximate surface area is 197 Å². The predicted octanol–water partition coefficient (Wildman–Crippen LogP) is 4.70. The highest BCUT2D eigenvalue weighted by molar-refractivity contribution is 14.0. The van der Waals surface area contributed by atoms with Crippen molar-refractivity contribution in [3.8, 4) is 11.5 Å². The molecule has 30 heavy (non-hydrogen) atoms. The summed E-state index contributed by atoms with van der Waals surface area (Å²) in [6, 6.07) is 17.7. The summed E-state index contributed by atoms with van der Waals surface area (Å²) in [5.41, 5.74) is 2.34. The minimum Gasteiger partial charge on any atom is -0.457 e. The summed E-state index contributed by atoms with van der Waals surface area (Å²) in [6.07, 6.45) is 5.16. The Kier molecular flexibility index (Phi) is 8.39. The number of likely N-dealkylation sites (tertiary alicyclic amines) is 1. The molecule has 2 aromatic carbocycles. The number of rotatable bonds is 6. The molecule has 2 fully saturated rings. The van der Waals surface area contributed by atoms with E-state index in [-0.39, 0.29) is 24.0 Å². The Morgan fingerprint density at radius 1 is 1.03 bits per heavy atom. The molecule has 1 heterocycles. The molecule has 4 rings (SSSR count). The van der Waals surface area contributed by atoms with Gasteiger partial charge in [-0.25, -0.2) is 0 Å². The first-order valence-corrected chi connectivity index (χ1v) is 10.7. The quantitative estimate of drug-likeness (QED) is 0.330. The summed E-state index contributed by atoms with van der Waals surface area (Å²) in [6.45, 7) is 5.15. The van der Waals surface area contributed by atoms with Gasteiger partial charge in [-0.2, -0.15) is 0 Å². The van der Waals surface area contributed by atoms with Crippen LogP contribution in [0.4, 0.5) is 0 Å². The van der Waals surface area contributed by atoms with Crippen molar-refractivity contribution < 1.29 is 4.74 Å². The van der Waals surface area contributed by atoms with Crippen LogP contribution in [0.3, 0.4) is 0 Å². The highest BCUT2D eigenvalue weighted by Crippen LogP contribution is 2.29. The van der Waals surface area contributed by atoms with Gasteiger partial charge in [0.15, 0.2) is 5.96 Å². The molecule has 0 radical (unpaired) electrons. The number of hydrogen-bond donors (Lipinski definition) is 2. The van der Waals surface area contributed by atoms with Crippen molar-refractivity contribution in [2.24, 2.45) is 4.99 Å². The van der Waals surface area contributed by atoms with Crippen molar-refractivity contribution in [2.45, 2.75) is 51.2 Å². The van der Waals surface area contributed by atoms with Crippen molar-refractivity contribution in [3.05, 3.63) is 59.7 Å². The zero-order valence-corrected chi connectivity index (χ0v) is 20.3. The van der Waals surface area contributed by atoms with Gasteiger partial charge in [0.1, 0.15) is 11.5 Å². The third kappa shape index (κ3) is 6.35. The Hall–Kier alpha value is -1.80. The van der Waals surface area contributed by atoms with E-state index in [1.807, 2.05) is 37.4 Å². The zero-order chi connectivity index (χ0) is 20.1. The number of aryl methyl sites for hydroxylation is 1. The molecule has 2 aromatic rings. The van der Waals surface area contributed by atoms with Crippen molar-refractivity contribution in [2.75, 3.05) is 20.1 Å². The minimum atomic E-state index is 0. The van der Waals surface area contributed by atoms with Crippen LogP contribution in [0, 0.1) is 6.92 Å². The molecule has 0 atom stereocenters. The number of nitrogens with one attached hydrogen (secondary N) is 2. The number of ether oxygens (including phenoxy) is 1. The largest absolute Gasteiger partial charge is 0.457 e. The first-order chi connectivity index (χ1) is 14.2. The van der Waals surface area contributed by atoms with E-state index in [0.29, 0.717) is 12.6 Å². The monoisotopic (exact) mass is 520 g/mol. The molecule has 1 aliphatic heterocycles. The van der Waals surface area contributed by atoms with Crippen LogP contribution in [0.5, 0.6) is 11.5 Å². The summed E-state index contributed by atoms with van der Waals surface area (Å²) >= 11 is 0. The Morgan fingerprint density at radius 3 is 2.40 bits per heavy atom. The number of hydrogen-bond acceptors (Lipinski definition) is 3. The van der Waals surface area contributed by atoms with E-state index in [2.05, 4.69) is 45.6 Å². The van der Waals surface area contributed by atoms with Crippen LogP contribution in [0.2, 0.25) is 0 Å². The van der Waals surface area contributed by atoms with Crippen LogP contribution < -0.4 is 15.4 Å². The van der Waals surface area contributed by atoms with Crippen LogP contribution in [0.1, 0.15) is 36.8 Å². The van der Waals surface area contributed by atoms with Gasteiger partial charge in [-0.15, -0.1) is 24.0 Å². The maximum atomic E-state index is 6.11. The van der Waals surface area contributed by atoms with Crippen molar-refractivity contribution in [1.82, 2.24) is 15.5 Å². The van der Waals surface area contributed by atoms with E-state index in [0.717, 1.165) is 29.1 Å².